The lowest BCUT2D eigenvalue weighted by molar-refractivity contribution is -0.274. The van der Waals surface area contributed by atoms with Crippen molar-refractivity contribution in [3.63, 3.8) is 0 Å². The van der Waals surface area contributed by atoms with E-state index in [4.69, 9.17) is 5.26 Å². The molecule has 0 fully saturated rings. The van der Waals surface area contributed by atoms with Crippen LogP contribution in [0.15, 0.2) is 35.7 Å². The lowest BCUT2D eigenvalue weighted by Crippen LogP contribution is -2.17. The number of nitriles is 1. The summed E-state index contributed by atoms with van der Waals surface area (Å²) in [5.41, 5.74) is 0.479. The van der Waals surface area contributed by atoms with Crippen molar-refractivity contribution in [2.24, 2.45) is 0 Å². The Balaban J connectivity index is 2.09. The van der Waals surface area contributed by atoms with Crippen LogP contribution in [0.1, 0.15) is 15.9 Å². The maximum absolute atomic E-state index is 12.0. The molecular formula is C13H7F3N2O2S. The number of alkyl halides is 3. The number of nitrogens with one attached hydrogen (secondary N) is 1. The van der Waals surface area contributed by atoms with Gasteiger partial charge in [-0.3, -0.25) is 4.79 Å². The molecular weight excluding hydrogens is 305 g/mol. The number of amides is 1. The average Bonchev–Trinajstić information content (AvgIpc) is 2.85. The molecule has 21 heavy (non-hydrogen) atoms. The fourth-order valence-electron chi connectivity index (χ4n) is 1.48. The van der Waals surface area contributed by atoms with Crippen LogP contribution >= 0.6 is 11.3 Å². The standard InChI is InChI=1S/C13H7F3N2O2S/c14-13(15,16)20-10-3-1-8(2-4-10)11(19)18-12-9(7-17)5-6-21-12/h1-6H,(H,18,19). The normalized spacial score (nSPS) is 10.8. The van der Waals surface area contributed by atoms with Crippen LogP contribution in [0.2, 0.25) is 0 Å². The minimum absolute atomic E-state index is 0.154. The summed E-state index contributed by atoms with van der Waals surface area (Å²) in [4.78, 5) is 11.9. The molecule has 0 unspecified atom stereocenters. The molecule has 0 saturated heterocycles. The van der Waals surface area contributed by atoms with Crippen LogP contribution in [0.4, 0.5) is 18.2 Å². The molecule has 1 N–H and O–H groups in total. The number of benzene rings is 1. The number of anilines is 1. The van der Waals surface area contributed by atoms with Crippen molar-refractivity contribution in [2.75, 3.05) is 5.32 Å². The highest BCUT2D eigenvalue weighted by Gasteiger charge is 2.31. The van der Waals surface area contributed by atoms with Crippen molar-refractivity contribution in [1.82, 2.24) is 0 Å². The molecule has 4 nitrogen and oxygen atoms in total. The van der Waals surface area contributed by atoms with Crippen LogP contribution in [-0.4, -0.2) is 12.3 Å². The molecule has 1 aromatic heterocycles. The van der Waals surface area contributed by atoms with Gasteiger partial charge in [-0.1, -0.05) is 0 Å². The third kappa shape index (κ3) is 3.97. The van der Waals surface area contributed by atoms with Gasteiger partial charge in [-0.2, -0.15) is 5.26 Å². The van der Waals surface area contributed by atoms with E-state index in [0.717, 1.165) is 12.1 Å². The molecule has 0 aliphatic heterocycles. The SMILES string of the molecule is N#Cc1ccsc1NC(=O)c1ccc(OC(F)(F)F)cc1. The van der Waals surface area contributed by atoms with Gasteiger partial charge in [-0.15, -0.1) is 24.5 Å². The summed E-state index contributed by atoms with van der Waals surface area (Å²) in [6.45, 7) is 0. The number of halogens is 3. The molecule has 1 heterocycles. The van der Waals surface area contributed by atoms with Gasteiger partial charge in [0.15, 0.2) is 0 Å². The van der Waals surface area contributed by atoms with Crippen molar-refractivity contribution >= 4 is 22.2 Å². The number of nitrogens with zero attached hydrogens (tertiary/aromatic N) is 1. The minimum atomic E-state index is -4.78. The zero-order chi connectivity index (χ0) is 15.5. The van der Waals surface area contributed by atoms with Gasteiger partial charge in [0.05, 0.1) is 5.56 Å². The third-order valence-corrected chi connectivity index (χ3v) is 3.19. The van der Waals surface area contributed by atoms with Crippen molar-refractivity contribution in [3.05, 3.63) is 46.8 Å². The van der Waals surface area contributed by atoms with Crippen LogP contribution in [0.3, 0.4) is 0 Å². The molecule has 0 atom stereocenters. The van der Waals surface area contributed by atoms with Gasteiger partial charge in [0.25, 0.3) is 5.91 Å². The summed E-state index contributed by atoms with van der Waals surface area (Å²) in [6.07, 6.45) is -4.78. The highest BCUT2D eigenvalue weighted by atomic mass is 32.1. The Morgan fingerprint density at radius 1 is 1.24 bits per heavy atom. The highest BCUT2D eigenvalue weighted by Crippen LogP contribution is 2.25. The first-order chi connectivity index (χ1) is 9.89. The van der Waals surface area contributed by atoms with Gasteiger partial charge in [-0.25, -0.2) is 0 Å². The molecule has 0 saturated carbocycles. The molecule has 0 bridgehead atoms. The molecule has 2 aromatic rings. The lowest BCUT2D eigenvalue weighted by atomic mass is 10.2. The van der Waals surface area contributed by atoms with E-state index in [1.54, 1.807) is 11.4 Å². The summed E-state index contributed by atoms with van der Waals surface area (Å²) in [5, 5.41) is 13.4. The highest BCUT2D eigenvalue weighted by molar-refractivity contribution is 7.14. The zero-order valence-corrected chi connectivity index (χ0v) is 11.1. The van der Waals surface area contributed by atoms with Crippen LogP contribution in [0.5, 0.6) is 5.75 Å². The van der Waals surface area contributed by atoms with Gasteiger partial charge in [-0.05, 0) is 35.7 Å². The number of ether oxygens (including phenoxy) is 1. The Morgan fingerprint density at radius 2 is 1.90 bits per heavy atom. The Kier molecular flexibility index (Phi) is 4.14. The number of hydrogen-bond donors (Lipinski definition) is 1. The summed E-state index contributed by atoms with van der Waals surface area (Å²) in [7, 11) is 0. The van der Waals surface area contributed by atoms with Crippen molar-refractivity contribution < 1.29 is 22.7 Å². The van der Waals surface area contributed by atoms with Crippen LogP contribution in [-0.2, 0) is 0 Å². The number of rotatable bonds is 3. The fourth-order valence-corrected chi connectivity index (χ4v) is 2.21. The maximum Gasteiger partial charge on any atom is 0.573 e. The number of carbonyl (C=O) groups is 1. The van der Waals surface area contributed by atoms with E-state index in [2.05, 4.69) is 10.1 Å². The molecule has 108 valence electrons. The minimum Gasteiger partial charge on any atom is -0.406 e. The summed E-state index contributed by atoms with van der Waals surface area (Å²) >= 11 is 1.18. The van der Waals surface area contributed by atoms with E-state index < -0.39 is 18.0 Å². The molecule has 1 amide bonds. The van der Waals surface area contributed by atoms with Crippen LogP contribution < -0.4 is 10.1 Å². The van der Waals surface area contributed by atoms with E-state index in [1.807, 2.05) is 6.07 Å². The van der Waals surface area contributed by atoms with Crippen molar-refractivity contribution in [1.29, 1.82) is 5.26 Å². The monoisotopic (exact) mass is 312 g/mol. The first kappa shape index (κ1) is 14.9. The Bertz CT molecular complexity index is 687. The number of carbonyl (C=O) groups excluding carboxylic acids is 1. The second-order valence-electron chi connectivity index (χ2n) is 3.80. The molecule has 0 aliphatic rings. The van der Waals surface area contributed by atoms with E-state index >= 15 is 0 Å². The second-order valence-corrected chi connectivity index (χ2v) is 4.72. The van der Waals surface area contributed by atoms with E-state index in [1.165, 1.54) is 23.5 Å². The van der Waals surface area contributed by atoms with E-state index in [0.29, 0.717) is 10.6 Å². The van der Waals surface area contributed by atoms with E-state index in [9.17, 15) is 18.0 Å². The number of hydrogen-bond acceptors (Lipinski definition) is 4. The molecule has 0 spiro atoms. The molecule has 1 aromatic carbocycles. The van der Waals surface area contributed by atoms with E-state index in [-0.39, 0.29) is 5.56 Å². The van der Waals surface area contributed by atoms with Gasteiger partial charge < -0.3 is 10.1 Å². The summed E-state index contributed by atoms with van der Waals surface area (Å²) < 4.78 is 39.7. The average molecular weight is 312 g/mol. The van der Waals surface area contributed by atoms with Crippen molar-refractivity contribution in [2.45, 2.75) is 6.36 Å². The van der Waals surface area contributed by atoms with Crippen LogP contribution in [0, 0.1) is 11.3 Å². The summed E-state index contributed by atoms with van der Waals surface area (Å²) in [5.74, 6) is -0.930. The Morgan fingerprint density at radius 3 is 2.48 bits per heavy atom. The topological polar surface area (TPSA) is 62.1 Å². The fraction of sp³-hybridized carbons (Fsp3) is 0.0769. The predicted molar refractivity (Wildman–Crippen MR) is 70.1 cm³/mol. The number of thiophene rings is 1. The second kappa shape index (κ2) is 5.85. The summed E-state index contributed by atoms with van der Waals surface area (Å²) in [6, 6.07) is 7.97. The quantitative estimate of drug-likeness (QED) is 0.938. The largest absolute Gasteiger partial charge is 0.573 e. The van der Waals surface area contributed by atoms with Gasteiger partial charge in [0, 0.05) is 5.56 Å². The molecule has 2 rings (SSSR count). The lowest BCUT2D eigenvalue weighted by Gasteiger charge is -2.09. The van der Waals surface area contributed by atoms with Gasteiger partial charge in [0.1, 0.15) is 16.8 Å². The smallest absolute Gasteiger partial charge is 0.406 e. The molecule has 8 heteroatoms. The molecule has 0 aliphatic carbocycles. The third-order valence-electron chi connectivity index (χ3n) is 2.36. The first-order valence-electron chi connectivity index (χ1n) is 5.54. The first-order valence-corrected chi connectivity index (χ1v) is 6.42. The maximum atomic E-state index is 12.0. The zero-order valence-electron chi connectivity index (χ0n) is 10.3. The molecule has 0 radical (unpaired) electrons. The van der Waals surface area contributed by atoms with Gasteiger partial charge in [0.2, 0.25) is 0 Å². The Hall–Kier alpha value is -2.53. The van der Waals surface area contributed by atoms with Crippen LogP contribution in [0.25, 0.3) is 0 Å². The predicted octanol–water partition coefficient (Wildman–Crippen LogP) is 3.77. The Labute approximate surface area is 121 Å². The van der Waals surface area contributed by atoms with Crippen molar-refractivity contribution in [3.8, 4) is 11.8 Å². The van der Waals surface area contributed by atoms with Gasteiger partial charge >= 0.3 is 6.36 Å².